The number of imidazole rings is 1. The molecule has 13 aromatic rings. The number of ether oxygens (including phenoxy) is 4. The number of nitrogens with one attached hydrogen (secondary N) is 2. The number of aliphatic hydroxyl groups is 4. The van der Waals surface area contributed by atoms with Crippen molar-refractivity contribution in [3.63, 3.8) is 0 Å². The number of benzene rings is 8. The van der Waals surface area contributed by atoms with Gasteiger partial charge < -0.3 is 76.7 Å². The SMILES string of the molecule is CC#N.CC#N.CCN(CC)CC.Cc1ccc(OCc2ccccc2)c(CN)n1.Cc1ccc(OCc2ccccc2)c(CNc2cc(CO)ccc2N)n1.Cc1ccc(OCc2ccccc2)c(CNc2cc(CO)ccc2[N+](=O)[O-])n1.Cc1ccc(OCc2ccccc2)c(Cn2c(N)nc3ccc(CO)cc32)n1.N#CBr.O=[N+]([O-])c1ccc(CO)cc1F. The van der Waals surface area contributed by atoms with Gasteiger partial charge in [-0.2, -0.15) is 20.2 Å². The van der Waals surface area contributed by atoms with Crippen molar-refractivity contribution in [3.8, 4) is 40.1 Å². The molecule has 13 rings (SSSR count). The number of fused-ring (bicyclic) bond motifs is 1. The van der Waals surface area contributed by atoms with Gasteiger partial charge in [0, 0.05) is 71.2 Å². The van der Waals surface area contributed by atoms with E-state index < -0.39 is 21.4 Å². The minimum absolute atomic E-state index is 0.0247. The monoisotopic (exact) mass is 1790 g/mol. The van der Waals surface area contributed by atoms with Gasteiger partial charge in [-0.05, 0) is 189 Å². The maximum atomic E-state index is 12.7. The van der Waals surface area contributed by atoms with E-state index in [-0.39, 0.29) is 38.7 Å². The first-order chi connectivity index (χ1) is 61.4. The molecule has 0 amide bonds. The van der Waals surface area contributed by atoms with Gasteiger partial charge in [0.1, 0.15) is 77.2 Å². The number of nitrogen functional groups attached to an aromatic ring is 2. The Hall–Kier alpha value is -14.3. The lowest BCUT2D eigenvalue weighted by Crippen LogP contribution is -2.21. The molecule has 0 aliphatic rings. The van der Waals surface area contributed by atoms with Crippen LogP contribution < -0.4 is 46.8 Å². The van der Waals surface area contributed by atoms with E-state index in [0.29, 0.717) is 91.7 Å². The third-order valence-electron chi connectivity index (χ3n) is 18.1. The summed E-state index contributed by atoms with van der Waals surface area (Å²) >= 11 is 2.45. The number of nitro benzene ring substituents is 2. The summed E-state index contributed by atoms with van der Waals surface area (Å²) in [7, 11) is 0. The number of hydrogen-bond acceptors (Lipinski definition) is 26. The fourth-order valence-electron chi connectivity index (χ4n) is 11.6. The Morgan fingerprint density at radius 3 is 1.13 bits per heavy atom. The van der Waals surface area contributed by atoms with Crippen LogP contribution in [0.15, 0.2) is 243 Å². The molecule has 0 saturated heterocycles. The minimum Gasteiger partial charge on any atom is -0.487 e. The molecule has 127 heavy (non-hydrogen) atoms. The van der Waals surface area contributed by atoms with E-state index in [0.717, 1.165) is 114 Å². The van der Waals surface area contributed by atoms with Crippen molar-refractivity contribution in [2.45, 2.75) is 141 Å². The van der Waals surface area contributed by atoms with Crippen molar-refractivity contribution in [3.05, 3.63) is 359 Å². The predicted molar refractivity (Wildman–Crippen MR) is 496 cm³/mol. The molecule has 0 spiro atoms. The highest BCUT2D eigenvalue weighted by atomic mass is 79.9. The van der Waals surface area contributed by atoms with Crippen LogP contribution in [-0.4, -0.2) is 84.3 Å². The number of nitrogens with two attached hydrogens (primary N) is 3. The average molecular weight is 1790 g/mol. The lowest BCUT2D eigenvalue weighted by molar-refractivity contribution is -0.387. The highest BCUT2D eigenvalue weighted by molar-refractivity contribution is 9.12. The summed E-state index contributed by atoms with van der Waals surface area (Å²) in [5.41, 5.74) is 34.1. The smallest absolute Gasteiger partial charge is 0.304 e. The number of halogens is 2. The number of pyridine rings is 4. The molecule has 12 N–H and O–H groups in total. The maximum Gasteiger partial charge on any atom is 0.304 e. The average Bonchev–Trinajstić information content (AvgIpc) is 1.65. The van der Waals surface area contributed by atoms with Crippen LogP contribution in [0, 0.1) is 86.6 Å². The van der Waals surface area contributed by atoms with Gasteiger partial charge in [0.05, 0.1) is 96.1 Å². The van der Waals surface area contributed by atoms with Gasteiger partial charge in [-0.1, -0.05) is 154 Å². The topological polar surface area (TPSA) is 450 Å². The maximum absolute atomic E-state index is 12.7. The van der Waals surface area contributed by atoms with Crippen molar-refractivity contribution < 1.29 is 53.6 Å². The first kappa shape index (κ1) is 103. The molecular formula is C96H109BrFN17O12. The molecule has 0 atom stereocenters. The van der Waals surface area contributed by atoms with Crippen molar-refractivity contribution in [2.24, 2.45) is 5.73 Å². The summed E-state index contributed by atoms with van der Waals surface area (Å²) in [5, 5.41) is 86.2. The highest BCUT2D eigenvalue weighted by Gasteiger charge is 2.19. The summed E-state index contributed by atoms with van der Waals surface area (Å²) in [4.78, 5) is 46.6. The molecule has 31 heteroatoms. The minimum atomic E-state index is -0.924. The molecule has 5 heterocycles. The molecule has 664 valence electrons. The Kier molecular flexibility index (Phi) is 47.1. The van der Waals surface area contributed by atoms with Gasteiger partial charge in [-0.15, -0.1) is 0 Å². The van der Waals surface area contributed by atoms with Crippen molar-refractivity contribution >= 4 is 61.3 Å². The number of aliphatic hydroxyl groups excluding tert-OH is 4. The zero-order valence-electron chi connectivity index (χ0n) is 72.6. The quantitative estimate of drug-likeness (QED) is 0.0115. The van der Waals surface area contributed by atoms with Gasteiger partial charge in [-0.3, -0.25) is 40.2 Å². The van der Waals surface area contributed by atoms with Crippen LogP contribution in [0.3, 0.4) is 0 Å². The summed E-state index contributed by atoms with van der Waals surface area (Å²) in [6, 6.07) is 77.5. The Morgan fingerprint density at radius 2 is 0.772 bits per heavy atom. The van der Waals surface area contributed by atoms with Crippen LogP contribution in [0.25, 0.3) is 11.0 Å². The molecule has 0 aliphatic heterocycles. The molecule has 5 aromatic heterocycles. The van der Waals surface area contributed by atoms with Gasteiger partial charge in [-0.25, -0.2) is 4.98 Å². The number of aromatic nitrogens is 6. The van der Waals surface area contributed by atoms with E-state index in [9.17, 15) is 39.9 Å². The summed E-state index contributed by atoms with van der Waals surface area (Å²) in [5.74, 6) is 2.32. The zero-order valence-corrected chi connectivity index (χ0v) is 74.2. The van der Waals surface area contributed by atoms with Crippen LogP contribution in [0.4, 0.5) is 38.8 Å². The van der Waals surface area contributed by atoms with Crippen LogP contribution in [-0.2, 0) is 79.0 Å². The van der Waals surface area contributed by atoms with E-state index >= 15 is 0 Å². The van der Waals surface area contributed by atoms with E-state index in [1.54, 1.807) is 35.3 Å². The standard InChI is InChI=1S/C22H22N4O2.C21H21N3O4.C21H23N3O2.C14H16N2O.C7H6FNO3.C6H15N.2C2H3N.CBrN/c1-15-7-10-21(28-14-16-5-3-2-4-6-16)19(24-15)12-26-20-11-17(13-27)8-9-18(20)25-22(26)23;1-15-7-10-21(28-14-16-5-3-2-4-6-16)19(23-15)12-22-18-11-17(13-25)8-9-20(18)24(26)27;1-15-7-10-21(26-14-16-5-3-2-4-6-16)20(24-15)12-23-19-11-17(13-25)8-9-18(19)22;1-11-7-8-14(13(9-15)16-11)17-10-12-5-3-2-4-6-12;8-6-3-5(4-10)1-2-7(6)9(11)12;1-4-7(5-2)6-3;2*1-2-3;2-1-3/h2-11,27H,12-14H2,1H3,(H2,23,25);2-11,22,25H,12-14H2,1H3;2-11,23,25H,12-14,22H2,1H3;2-8H,9-10,15H2,1H3;1-3,10H,4H2;4-6H2,1-3H3;2*1H3;. The lowest BCUT2D eigenvalue weighted by atomic mass is 10.1. The predicted octanol–water partition coefficient (Wildman–Crippen LogP) is 18.0. The Morgan fingerprint density at radius 1 is 0.449 bits per heavy atom. The Labute approximate surface area is 748 Å². The Bertz CT molecular complexity index is 5600. The second-order valence-corrected chi connectivity index (χ2v) is 27.7. The molecule has 0 fully saturated rings. The van der Waals surface area contributed by atoms with Gasteiger partial charge in [0.2, 0.25) is 11.8 Å². The number of aryl methyl sites for hydroxylation is 4. The molecule has 0 bridgehead atoms. The van der Waals surface area contributed by atoms with Crippen molar-refractivity contribution in [2.75, 3.05) is 41.7 Å². The van der Waals surface area contributed by atoms with E-state index in [4.69, 9.17) is 57.0 Å². The van der Waals surface area contributed by atoms with E-state index in [1.165, 1.54) is 51.7 Å². The molecule has 0 aliphatic carbocycles. The normalized spacial score (nSPS) is 9.97. The Balaban J connectivity index is 0.000000275. The largest absolute Gasteiger partial charge is 0.487 e. The lowest BCUT2D eigenvalue weighted by Gasteiger charge is -2.14. The highest BCUT2D eigenvalue weighted by Crippen LogP contribution is 2.31. The van der Waals surface area contributed by atoms with Gasteiger partial charge >= 0.3 is 5.69 Å². The molecular weight excluding hydrogens is 1680 g/mol. The van der Waals surface area contributed by atoms with Gasteiger partial charge in [0.15, 0.2) is 0 Å². The second kappa shape index (κ2) is 57.9. The number of hydrogen-bond donors (Lipinski definition) is 9. The first-order valence-corrected chi connectivity index (χ1v) is 41.0. The fraction of sp³-hybridized carbons (Fsp3) is 0.250. The van der Waals surface area contributed by atoms with Crippen LogP contribution in [0.5, 0.6) is 23.0 Å². The van der Waals surface area contributed by atoms with E-state index in [2.05, 4.69) is 77.2 Å². The summed E-state index contributed by atoms with van der Waals surface area (Å²) in [6.45, 7) is 23.6. The van der Waals surface area contributed by atoms with E-state index in [1.807, 2.05) is 226 Å². The number of nitriles is 3. The summed E-state index contributed by atoms with van der Waals surface area (Å²) in [6.07, 6.45) is 0. The third-order valence-corrected chi connectivity index (χ3v) is 18.1. The zero-order chi connectivity index (χ0) is 92.8. The molecule has 0 radical (unpaired) electrons. The second-order valence-electron chi connectivity index (χ2n) is 27.3. The fourth-order valence-corrected chi connectivity index (χ4v) is 11.6. The number of nitrogens with zero attached hydrogens (tertiary/aromatic N) is 12. The molecule has 29 nitrogen and oxygen atoms in total. The summed E-state index contributed by atoms with van der Waals surface area (Å²) < 4.78 is 38.3. The molecule has 0 saturated carbocycles. The number of nitro groups is 2. The van der Waals surface area contributed by atoms with Gasteiger partial charge in [0.25, 0.3) is 5.69 Å². The number of anilines is 4. The van der Waals surface area contributed by atoms with Crippen LogP contribution in [0.1, 0.15) is 125 Å². The van der Waals surface area contributed by atoms with Crippen LogP contribution >= 0.6 is 15.9 Å². The first-order valence-electron chi connectivity index (χ1n) is 40.2. The molecule has 0 unspecified atom stereocenters. The third kappa shape index (κ3) is 36.6. The van der Waals surface area contributed by atoms with Crippen LogP contribution in [0.2, 0.25) is 0 Å². The van der Waals surface area contributed by atoms with Crippen molar-refractivity contribution in [1.29, 1.82) is 15.8 Å². The number of rotatable bonds is 30. The molecule has 8 aromatic carbocycles. The van der Waals surface area contributed by atoms with Crippen molar-refractivity contribution in [1.82, 2.24) is 34.4 Å².